The third-order valence-corrected chi connectivity index (χ3v) is 4.68. The summed E-state index contributed by atoms with van der Waals surface area (Å²) in [6.45, 7) is 4.23. The van der Waals surface area contributed by atoms with Gasteiger partial charge in [0.05, 0.1) is 10.9 Å². The molecule has 0 saturated heterocycles. The lowest BCUT2D eigenvalue weighted by molar-refractivity contribution is 1.06. The molecule has 0 N–H and O–H groups in total. The Morgan fingerprint density at radius 3 is 2.69 bits per heavy atom. The molecule has 2 nitrogen and oxygen atoms in total. The van der Waals surface area contributed by atoms with Crippen molar-refractivity contribution in [3.8, 4) is 11.3 Å². The molecule has 4 heteroatoms. The van der Waals surface area contributed by atoms with E-state index >= 15 is 0 Å². The molecule has 0 amide bonds. The van der Waals surface area contributed by atoms with E-state index in [4.69, 9.17) is 0 Å². The van der Waals surface area contributed by atoms with Crippen molar-refractivity contribution in [3.63, 3.8) is 0 Å². The smallest absolute Gasteiger partial charge is 0.112 e. The fourth-order valence-electron chi connectivity index (χ4n) is 1.77. The van der Waals surface area contributed by atoms with Crippen LogP contribution in [0.2, 0.25) is 0 Å². The molecule has 0 saturated carbocycles. The molecular formula is C12H10N2S2. The minimum atomic E-state index is 1.02. The summed E-state index contributed by atoms with van der Waals surface area (Å²) < 4.78 is 1.24. The van der Waals surface area contributed by atoms with Gasteiger partial charge < -0.3 is 0 Å². The minimum absolute atomic E-state index is 1.02. The molecule has 16 heavy (non-hydrogen) atoms. The summed E-state index contributed by atoms with van der Waals surface area (Å²) in [6.07, 6.45) is 1.85. The number of aromatic nitrogens is 2. The van der Waals surface area contributed by atoms with Crippen molar-refractivity contribution in [1.29, 1.82) is 0 Å². The zero-order chi connectivity index (χ0) is 11.1. The lowest BCUT2D eigenvalue weighted by atomic mass is 10.1. The molecule has 0 aliphatic rings. The molecule has 0 fully saturated rings. The van der Waals surface area contributed by atoms with E-state index in [1.165, 1.54) is 26.8 Å². The molecule has 0 unspecified atom stereocenters. The zero-order valence-corrected chi connectivity index (χ0v) is 10.7. The van der Waals surface area contributed by atoms with Crippen LogP contribution in [0.5, 0.6) is 0 Å². The summed E-state index contributed by atoms with van der Waals surface area (Å²) in [7, 11) is 0. The van der Waals surface area contributed by atoms with E-state index in [0.717, 1.165) is 5.69 Å². The van der Waals surface area contributed by atoms with Crippen LogP contribution in [0.25, 0.3) is 21.3 Å². The monoisotopic (exact) mass is 246 g/mol. The summed E-state index contributed by atoms with van der Waals surface area (Å²) in [5.74, 6) is 0. The van der Waals surface area contributed by atoms with E-state index in [2.05, 4.69) is 40.2 Å². The first-order valence-corrected chi connectivity index (χ1v) is 6.82. The van der Waals surface area contributed by atoms with Crippen molar-refractivity contribution in [2.45, 2.75) is 13.8 Å². The highest BCUT2D eigenvalue weighted by atomic mass is 32.1. The summed E-state index contributed by atoms with van der Waals surface area (Å²) in [5.41, 5.74) is 4.79. The number of hydrogen-bond acceptors (Lipinski definition) is 4. The maximum atomic E-state index is 4.29. The SMILES string of the molecule is Cc1cscc1-c1nncc2c(C)csc12. The van der Waals surface area contributed by atoms with Crippen LogP contribution in [0.3, 0.4) is 0 Å². The maximum Gasteiger partial charge on any atom is 0.112 e. The highest BCUT2D eigenvalue weighted by Crippen LogP contribution is 2.34. The average molecular weight is 246 g/mol. The Morgan fingerprint density at radius 2 is 1.94 bits per heavy atom. The molecule has 3 aromatic heterocycles. The van der Waals surface area contributed by atoms with Gasteiger partial charge in [0, 0.05) is 16.3 Å². The van der Waals surface area contributed by atoms with Crippen LogP contribution in [-0.2, 0) is 0 Å². The highest BCUT2D eigenvalue weighted by Gasteiger charge is 2.12. The van der Waals surface area contributed by atoms with Gasteiger partial charge in [0.15, 0.2) is 0 Å². The van der Waals surface area contributed by atoms with Crippen LogP contribution in [0.1, 0.15) is 11.1 Å². The van der Waals surface area contributed by atoms with Crippen molar-refractivity contribution in [2.24, 2.45) is 0 Å². The highest BCUT2D eigenvalue weighted by molar-refractivity contribution is 7.18. The predicted molar refractivity (Wildman–Crippen MR) is 70.2 cm³/mol. The predicted octanol–water partition coefficient (Wildman–Crippen LogP) is 4.04. The quantitative estimate of drug-likeness (QED) is 0.647. The van der Waals surface area contributed by atoms with Crippen LogP contribution in [0, 0.1) is 13.8 Å². The number of thiophene rings is 2. The molecule has 0 bridgehead atoms. The molecule has 80 valence electrons. The van der Waals surface area contributed by atoms with Crippen molar-refractivity contribution in [1.82, 2.24) is 10.2 Å². The summed E-state index contributed by atoms with van der Waals surface area (Å²) in [6, 6.07) is 0. The summed E-state index contributed by atoms with van der Waals surface area (Å²) in [4.78, 5) is 0. The van der Waals surface area contributed by atoms with Crippen molar-refractivity contribution < 1.29 is 0 Å². The van der Waals surface area contributed by atoms with E-state index < -0.39 is 0 Å². The number of aryl methyl sites for hydroxylation is 2. The van der Waals surface area contributed by atoms with E-state index in [1.54, 1.807) is 22.7 Å². The van der Waals surface area contributed by atoms with Crippen molar-refractivity contribution in [2.75, 3.05) is 0 Å². The van der Waals surface area contributed by atoms with Crippen molar-refractivity contribution >= 4 is 32.8 Å². The van der Waals surface area contributed by atoms with E-state index in [1.807, 2.05) is 6.20 Å². The Bertz CT molecular complexity index is 652. The van der Waals surface area contributed by atoms with Crippen LogP contribution in [0.15, 0.2) is 22.3 Å². The van der Waals surface area contributed by atoms with E-state index in [-0.39, 0.29) is 0 Å². The Labute approximate surface area is 102 Å². The molecule has 0 aliphatic carbocycles. The largest absolute Gasteiger partial charge is 0.158 e. The fourth-order valence-corrected chi connectivity index (χ4v) is 3.62. The third kappa shape index (κ3) is 1.37. The lowest BCUT2D eigenvalue weighted by Crippen LogP contribution is -1.87. The molecule has 0 aliphatic heterocycles. The normalized spacial score (nSPS) is 11.1. The van der Waals surface area contributed by atoms with Gasteiger partial charge >= 0.3 is 0 Å². The first-order valence-electron chi connectivity index (χ1n) is 5.00. The third-order valence-electron chi connectivity index (χ3n) is 2.69. The number of rotatable bonds is 1. The number of nitrogens with zero attached hydrogens (tertiary/aromatic N) is 2. The van der Waals surface area contributed by atoms with Gasteiger partial charge in [-0.2, -0.15) is 16.4 Å². The Balaban J connectivity index is 2.36. The minimum Gasteiger partial charge on any atom is -0.158 e. The second-order valence-electron chi connectivity index (χ2n) is 3.82. The zero-order valence-electron chi connectivity index (χ0n) is 9.02. The molecule has 0 atom stereocenters. The Morgan fingerprint density at radius 1 is 1.06 bits per heavy atom. The standard InChI is InChI=1S/C12H10N2S2/c1-7-4-15-6-10(7)11-12-9(3-13-14-11)8(2)5-16-12/h3-6H,1-2H3. The molecule has 0 aromatic carbocycles. The molecular weight excluding hydrogens is 236 g/mol. The fraction of sp³-hybridized carbons (Fsp3) is 0.167. The molecule has 0 radical (unpaired) electrons. The van der Waals surface area contributed by atoms with Gasteiger partial charge in [-0.15, -0.1) is 16.4 Å². The Hall–Kier alpha value is -1.26. The van der Waals surface area contributed by atoms with E-state index in [9.17, 15) is 0 Å². The summed E-state index contributed by atoms with van der Waals surface area (Å²) in [5, 5.41) is 16.1. The van der Waals surface area contributed by atoms with Gasteiger partial charge in [0.2, 0.25) is 0 Å². The van der Waals surface area contributed by atoms with Crippen LogP contribution < -0.4 is 0 Å². The molecule has 3 rings (SSSR count). The van der Waals surface area contributed by atoms with Gasteiger partial charge in [-0.3, -0.25) is 0 Å². The first kappa shape index (κ1) is 9.93. The second kappa shape index (κ2) is 3.64. The van der Waals surface area contributed by atoms with Crippen molar-refractivity contribution in [3.05, 3.63) is 33.5 Å². The van der Waals surface area contributed by atoms with Gasteiger partial charge in [0.1, 0.15) is 5.69 Å². The molecule has 3 heterocycles. The average Bonchev–Trinajstić information content (AvgIpc) is 2.86. The summed E-state index contributed by atoms with van der Waals surface area (Å²) >= 11 is 3.46. The van der Waals surface area contributed by atoms with Gasteiger partial charge in [-0.05, 0) is 35.7 Å². The second-order valence-corrected chi connectivity index (χ2v) is 5.45. The number of hydrogen-bond donors (Lipinski definition) is 0. The van der Waals surface area contributed by atoms with Crippen LogP contribution >= 0.6 is 22.7 Å². The maximum absolute atomic E-state index is 4.29. The first-order chi connectivity index (χ1) is 7.77. The van der Waals surface area contributed by atoms with Gasteiger partial charge in [-0.25, -0.2) is 0 Å². The van der Waals surface area contributed by atoms with E-state index in [0.29, 0.717) is 0 Å². The Kier molecular flexibility index (Phi) is 2.26. The molecule has 3 aromatic rings. The lowest BCUT2D eigenvalue weighted by Gasteiger charge is -2.00. The van der Waals surface area contributed by atoms with Crippen LogP contribution in [0.4, 0.5) is 0 Å². The number of fused-ring (bicyclic) bond motifs is 1. The van der Waals surface area contributed by atoms with Gasteiger partial charge in [0.25, 0.3) is 0 Å². The van der Waals surface area contributed by atoms with Crippen LogP contribution in [-0.4, -0.2) is 10.2 Å². The molecule has 0 spiro atoms. The topological polar surface area (TPSA) is 25.8 Å². The van der Waals surface area contributed by atoms with Gasteiger partial charge in [-0.1, -0.05) is 0 Å².